The molecule has 4 rings (SSSR count). The highest BCUT2D eigenvalue weighted by Crippen LogP contribution is 2.30. The van der Waals surface area contributed by atoms with Gasteiger partial charge < -0.3 is 14.4 Å². The van der Waals surface area contributed by atoms with Gasteiger partial charge in [0.05, 0.1) is 26.2 Å². The number of rotatable bonds is 9. The molecule has 1 amide bonds. The van der Waals surface area contributed by atoms with Crippen LogP contribution in [-0.2, 0) is 16.6 Å². The van der Waals surface area contributed by atoms with Crippen LogP contribution >= 0.6 is 0 Å². The molecule has 3 aromatic rings. The van der Waals surface area contributed by atoms with Crippen molar-refractivity contribution in [3.63, 3.8) is 0 Å². The van der Waals surface area contributed by atoms with Crippen LogP contribution in [0.4, 0.5) is 5.69 Å². The third-order valence-corrected chi connectivity index (χ3v) is 6.74. The van der Waals surface area contributed by atoms with Crippen LogP contribution in [0.3, 0.4) is 0 Å². The van der Waals surface area contributed by atoms with E-state index in [1.165, 1.54) is 0 Å². The van der Waals surface area contributed by atoms with Crippen LogP contribution in [0.25, 0.3) is 11.1 Å². The van der Waals surface area contributed by atoms with Crippen molar-refractivity contribution in [1.29, 1.82) is 0 Å². The van der Waals surface area contributed by atoms with Crippen LogP contribution < -0.4 is 19.1 Å². The number of benzene rings is 2. The van der Waals surface area contributed by atoms with Crippen LogP contribution in [0.1, 0.15) is 22.8 Å². The zero-order valence-corrected chi connectivity index (χ0v) is 22.1. The van der Waals surface area contributed by atoms with Crippen molar-refractivity contribution in [2.45, 2.75) is 13.5 Å². The Morgan fingerprint density at radius 2 is 1.73 bits per heavy atom. The summed E-state index contributed by atoms with van der Waals surface area (Å²) in [6, 6.07) is 15.2. The van der Waals surface area contributed by atoms with Crippen molar-refractivity contribution in [2.24, 2.45) is 0 Å². The summed E-state index contributed by atoms with van der Waals surface area (Å²) in [4.78, 5) is 21.0. The molecule has 1 N–H and O–H groups in total. The Balaban J connectivity index is 1.36. The minimum absolute atomic E-state index is 0.309. The number of sulfonamides is 1. The minimum Gasteiger partial charge on any atom is -0.496 e. The number of nitrogens with zero attached hydrogens (tertiary/aromatic N) is 3. The predicted molar refractivity (Wildman–Crippen MR) is 144 cm³/mol. The molecule has 0 atom stereocenters. The average molecular weight is 525 g/mol. The summed E-state index contributed by atoms with van der Waals surface area (Å²) in [5.41, 5.74) is 4.43. The summed E-state index contributed by atoms with van der Waals surface area (Å²) >= 11 is 0. The van der Waals surface area contributed by atoms with E-state index in [-0.39, 0.29) is 0 Å². The Morgan fingerprint density at radius 1 is 1.00 bits per heavy atom. The maximum atomic E-state index is 12.0. The number of methoxy groups -OCH3 is 1. The summed E-state index contributed by atoms with van der Waals surface area (Å²) in [5.74, 6) is 0.953. The second kappa shape index (κ2) is 11.6. The molecular formula is C27H32N4O5S. The van der Waals surface area contributed by atoms with Gasteiger partial charge in [-0.05, 0) is 48.9 Å². The average Bonchev–Trinajstić information content (AvgIpc) is 2.89. The van der Waals surface area contributed by atoms with Gasteiger partial charge >= 0.3 is 0 Å². The van der Waals surface area contributed by atoms with Crippen LogP contribution in [-0.4, -0.2) is 70.4 Å². The number of pyridine rings is 1. The second-order valence-electron chi connectivity index (χ2n) is 8.88. The fourth-order valence-corrected chi connectivity index (χ4v) is 4.79. The van der Waals surface area contributed by atoms with Gasteiger partial charge in [0.15, 0.2) is 0 Å². The molecule has 0 unspecified atom stereocenters. The molecule has 1 fully saturated rings. The van der Waals surface area contributed by atoms with Crippen LogP contribution in [0.2, 0.25) is 0 Å². The van der Waals surface area contributed by atoms with Gasteiger partial charge in [0.25, 0.3) is 5.91 Å². The Labute approximate surface area is 218 Å². The number of carbonyl (C=O) groups is 1. The lowest BCUT2D eigenvalue weighted by atomic mass is 10.0. The first-order chi connectivity index (χ1) is 17.8. The number of carbonyl (C=O) groups excluding carboxylic acids is 1. The fraction of sp³-hybridized carbons (Fsp3) is 0.333. The topological polar surface area (TPSA) is 101 Å². The molecule has 2 aromatic carbocycles. The third kappa shape index (κ3) is 6.99. The first-order valence-electron chi connectivity index (χ1n) is 12.1. The lowest BCUT2D eigenvalue weighted by Gasteiger charge is -2.36. The molecule has 0 aliphatic carbocycles. The lowest BCUT2D eigenvalue weighted by Crippen LogP contribution is -2.46. The number of hydrogen-bond donors (Lipinski definition) is 1. The van der Waals surface area contributed by atoms with Gasteiger partial charge in [-0.15, -0.1) is 0 Å². The highest BCUT2D eigenvalue weighted by atomic mass is 32.2. The maximum absolute atomic E-state index is 12.0. The fourth-order valence-electron chi connectivity index (χ4n) is 4.33. The van der Waals surface area contributed by atoms with E-state index >= 15 is 0 Å². The largest absolute Gasteiger partial charge is 0.496 e. The van der Waals surface area contributed by atoms with Crippen molar-refractivity contribution < 1.29 is 22.7 Å². The van der Waals surface area contributed by atoms with Gasteiger partial charge in [-0.1, -0.05) is 12.1 Å². The molecule has 37 heavy (non-hydrogen) atoms. The Bertz CT molecular complexity index is 1340. The summed E-state index contributed by atoms with van der Waals surface area (Å²) < 4.78 is 35.9. The smallest absolute Gasteiger partial charge is 0.264 e. The minimum atomic E-state index is -3.59. The zero-order chi connectivity index (χ0) is 26.4. The lowest BCUT2D eigenvalue weighted by molar-refractivity contribution is 0.0981. The van der Waals surface area contributed by atoms with Crippen LogP contribution in [0, 0.1) is 0 Å². The standard InChI is InChI=1S/C27H32N4O5S/c1-4-36-25-15-23(17-28-18-25)21-5-6-22(26(16-21)35-2)19-30-11-13-31(14-12-30)24-9-7-20(8-10-24)27(32)29-37(3,33)34/h5-10,15-18H,4,11-14,19H2,1-3H3,(H,29,32). The molecule has 196 valence electrons. The van der Waals surface area contributed by atoms with Gasteiger partial charge in [0, 0.05) is 61.3 Å². The summed E-state index contributed by atoms with van der Waals surface area (Å²) in [6.45, 7) is 6.75. The van der Waals surface area contributed by atoms with E-state index in [4.69, 9.17) is 9.47 Å². The van der Waals surface area contributed by atoms with E-state index in [0.717, 1.165) is 72.9 Å². The van der Waals surface area contributed by atoms with Crippen LogP contribution in [0.15, 0.2) is 60.9 Å². The monoisotopic (exact) mass is 524 g/mol. The SMILES string of the molecule is CCOc1cncc(-c2ccc(CN3CCN(c4ccc(C(=O)NS(C)(=O)=O)cc4)CC3)c(OC)c2)c1. The molecule has 1 aliphatic rings. The molecule has 1 saturated heterocycles. The number of piperazine rings is 1. The van der Waals surface area contributed by atoms with Gasteiger partial charge in [-0.2, -0.15) is 0 Å². The van der Waals surface area contributed by atoms with E-state index in [2.05, 4.69) is 26.9 Å². The Morgan fingerprint density at radius 3 is 2.38 bits per heavy atom. The van der Waals surface area contributed by atoms with Gasteiger partial charge in [-0.3, -0.25) is 14.7 Å². The molecule has 0 saturated carbocycles. The molecule has 0 bridgehead atoms. The highest BCUT2D eigenvalue weighted by molar-refractivity contribution is 7.89. The zero-order valence-electron chi connectivity index (χ0n) is 21.3. The van der Waals surface area contributed by atoms with E-state index < -0.39 is 15.9 Å². The first-order valence-corrected chi connectivity index (χ1v) is 14.0. The number of amides is 1. The molecule has 10 heteroatoms. The van der Waals surface area contributed by atoms with Crippen molar-refractivity contribution in [1.82, 2.24) is 14.6 Å². The maximum Gasteiger partial charge on any atom is 0.264 e. The van der Waals surface area contributed by atoms with E-state index in [0.29, 0.717) is 12.2 Å². The quantitative estimate of drug-likeness (QED) is 0.456. The van der Waals surface area contributed by atoms with Gasteiger partial charge in [0.1, 0.15) is 11.5 Å². The number of hydrogen-bond acceptors (Lipinski definition) is 8. The van der Waals surface area contributed by atoms with E-state index in [1.807, 2.05) is 42.1 Å². The van der Waals surface area contributed by atoms with Crippen LogP contribution in [0.5, 0.6) is 11.5 Å². The Hall–Kier alpha value is -3.63. The number of nitrogens with one attached hydrogen (secondary N) is 1. The third-order valence-electron chi connectivity index (χ3n) is 6.18. The van der Waals surface area contributed by atoms with Crippen molar-refractivity contribution in [3.05, 3.63) is 72.1 Å². The molecule has 1 aromatic heterocycles. The van der Waals surface area contributed by atoms with E-state index in [9.17, 15) is 13.2 Å². The molecule has 1 aliphatic heterocycles. The molecular weight excluding hydrogens is 492 g/mol. The predicted octanol–water partition coefficient (Wildman–Crippen LogP) is 3.17. The molecule has 9 nitrogen and oxygen atoms in total. The first kappa shape index (κ1) is 26.4. The van der Waals surface area contributed by atoms with Crippen molar-refractivity contribution >= 4 is 21.6 Å². The molecule has 0 radical (unpaired) electrons. The molecule has 0 spiro atoms. The van der Waals surface area contributed by atoms with Crippen molar-refractivity contribution in [2.75, 3.05) is 51.1 Å². The summed E-state index contributed by atoms with van der Waals surface area (Å²) in [7, 11) is -1.90. The summed E-state index contributed by atoms with van der Waals surface area (Å²) in [6.07, 6.45) is 4.49. The number of ether oxygens (including phenoxy) is 2. The van der Waals surface area contributed by atoms with Gasteiger partial charge in [-0.25, -0.2) is 13.1 Å². The number of aromatic nitrogens is 1. The number of anilines is 1. The van der Waals surface area contributed by atoms with Gasteiger partial charge in [0.2, 0.25) is 10.0 Å². The summed E-state index contributed by atoms with van der Waals surface area (Å²) in [5, 5.41) is 0. The highest BCUT2D eigenvalue weighted by Gasteiger charge is 2.20. The normalized spacial score (nSPS) is 14.3. The van der Waals surface area contributed by atoms with E-state index in [1.54, 1.807) is 25.4 Å². The Kier molecular flexibility index (Phi) is 8.30. The molecule has 2 heterocycles. The second-order valence-corrected chi connectivity index (χ2v) is 10.6. The van der Waals surface area contributed by atoms with Crippen molar-refractivity contribution in [3.8, 4) is 22.6 Å².